The van der Waals surface area contributed by atoms with Crippen LogP contribution in [0.1, 0.15) is 44.9 Å². The minimum atomic E-state index is 0.833. The molecule has 2 rings (SSSR count). The zero-order chi connectivity index (χ0) is 9.80. The van der Waals surface area contributed by atoms with Crippen molar-refractivity contribution >= 4 is 11.8 Å². The van der Waals surface area contributed by atoms with Gasteiger partial charge in [0.25, 0.3) is 0 Å². The zero-order valence-corrected chi connectivity index (χ0v) is 10.1. The molecule has 2 aliphatic carbocycles. The van der Waals surface area contributed by atoms with Crippen molar-refractivity contribution in [3.63, 3.8) is 0 Å². The summed E-state index contributed by atoms with van der Waals surface area (Å²) in [6, 6.07) is 0.833. The summed E-state index contributed by atoms with van der Waals surface area (Å²) >= 11 is 2.06. The lowest BCUT2D eigenvalue weighted by Gasteiger charge is -2.28. The molecule has 0 saturated heterocycles. The molecule has 0 aliphatic heterocycles. The molecule has 1 N–H and O–H groups in total. The maximum atomic E-state index is 3.74. The third kappa shape index (κ3) is 3.47. The summed E-state index contributed by atoms with van der Waals surface area (Å²) in [7, 11) is 0. The Bertz CT molecular complexity index is 168. The molecule has 14 heavy (non-hydrogen) atoms. The van der Waals surface area contributed by atoms with Crippen LogP contribution in [0.3, 0.4) is 0 Å². The second kappa shape index (κ2) is 5.41. The van der Waals surface area contributed by atoms with E-state index in [0.29, 0.717) is 0 Å². The average Bonchev–Trinajstić information content (AvgIpc) is 3.02. The number of hydrogen-bond donors (Lipinski definition) is 1. The minimum Gasteiger partial charge on any atom is -0.314 e. The monoisotopic (exact) mass is 213 g/mol. The summed E-state index contributed by atoms with van der Waals surface area (Å²) in [5, 5.41) is 4.68. The van der Waals surface area contributed by atoms with Crippen molar-refractivity contribution in [1.82, 2.24) is 5.32 Å². The zero-order valence-electron chi connectivity index (χ0n) is 9.30. The lowest BCUT2D eigenvalue weighted by molar-refractivity contribution is 0.376. The molecular formula is C12H23NS. The Balaban J connectivity index is 1.58. The number of thioether (sulfide) groups is 1. The highest BCUT2D eigenvalue weighted by Gasteiger charge is 2.23. The van der Waals surface area contributed by atoms with Crippen LogP contribution in [0.5, 0.6) is 0 Å². The van der Waals surface area contributed by atoms with Crippen molar-refractivity contribution < 1.29 is 0 Å². The van der Waals surface area contributed by atoms with E-state index >= 15 is 0 Å². The van der Waals surface area contributed by atoms with Crippen molar-refractivity contribution in [2.75, 3.05) is 12.8 Å². The maximum Gasteiger partial charge on any atom is 0.00776 e. The summed E-state index contributed by atoms with van der Waals surface area (Å²) in [6.45, 7) is 1.27. The number of nitrogens with one attached hydrogen (secondary N) is 1. The molecule has 0 aromatic heterocycles. The van der Waals surface area contributed by atoms with Gasteiger partial charge in [-0.2, -0.15) is 11.8 Å². The van der Waals surface area contributed by atoms with Gasteiger partial charge in [0, 0.05) is 11.3 Å². The Hall–Kier alpha value is 0.310. The van der Waals surface area contributed by atoms with Gasteiger partial charge in [-0.25, -0.2) is 0 Å². The Kier molecular flexibility index (Phi) is 4.18. The standard InChI is InChI=1S/C12H23NS/c1-14-12-4-2-3-11(9-12)13-8-7-10-5-6-10/h10-13H,2-9H2,1H3. The molecule has 2 fully saturated rings. The second-order valence-corrected chi connectivity index (χ2v) is 6.05. The highest BCUT2D eigenvalue weighted by atomic mass is 32.2. The molecule has 2 unspecified atom stereocenters. The normalized spacial score (nSPS) is 33.2. The predicted octanol–water partition coefficient (Wildman–Crippen LogP) is 3.05. The molecule has 2 heteroatoms. The third-order valence-electron chi connectivity index (χ3n) is 3.64. The minimum absolute atomic E-state index is 0.833. The fourth-order valence-corrected chi connectivity index (χ4v) is 3.27. The van der Waals surface area contributed by atoms with E-state index in [0.717, 1.165) is 17.2 Å². The van der Waals surface area contributed by atoms with Gasteiger partial charge >= 0.3 is 0 Å². The van der Waals surface area contributed by atoms with Crippen molar-refractivity contribution in [1.29, 1.82) is 0 Å². The molecule has 0 aromatic rings. The highest BCUT2D eigenvalue weighted by Crippen LogP contribution is 2.32. The lowest BCUT2D eigenvalue weighted by atomic mass is 9.95. The molecule has 2 saturated carbocycles. The molecule has 1 nitrogen and oxygen atoms in total. The van der Waals surface area contributed by atoms with E-state index in [4.69, 9.17) is 0 Å². The van der Waals surface area contributed by atoms with E-state index in [-0.39, 0.29) is 0 Å². The van der Waals surface area contributed by atoms with E-state index in [1.807, 2.05) is 0 Å². The van der Waals surface area contributed by atoms with Crippen LogP contribution < -0.4 is 5.32 Å². The quantitative estimate of drug-likeness (QED) is 0.753. The molecule has 0 spiro atoms. The van der Waals surface area contributed by atoms with Crippen LogP contribution in [0.2, 0.25) is 0 Å². The van der Waals surface area contributed by atoms with Crippen molar-refractivity contribution in [3.8, 4) is 0 Å². The van der Waals surface area contributed by atoms with E-state index < -0.39 is 0 Å². The Labute approximate surface area is 92.4 Å². The molecule has 0 aromatic carbocycles. The Morgan fingerprint density at radius 1 is 1.21 bits per heavy atom. The van der Waals surface area contributed by atoms with Crippen LogP contribution in [0.15, 0.2) is 0 Å². The van der Waals surface area contributed by atoms with Crippen LogP contribution in [0, 0.1) is 5.92 Å². The second-order valence-electron chi connectivity index (χ2n) is 4.91. The lowest BCUT2D eigenvalue weighted by Crippen LogP contribution is -2.35. The van der Waals surface area contributed by atoms with Crippen molar-refractivity contribution in [3.05, 3.63) is 0 Å². The highest BCUT2D eigenvalue weighted by molar-refractivity contribution is 7.99. The topological polar surface area (TPSA) is 12.0 Å². The van der Waals surface area contributed by atoms with Crippen molar-refractivity contribution in [2.45, 2.75) is 56.2 Å². The van der Waals surface area contributed by atoms with Gasteiger partial charge in [-0.1, -0.05) is 19.3 Å². The van der Waals surface area contributed by atoms with Crippen molar-refractivity contribution in [2.24, 2.45) is 5.92 Å². The van der Waals surface area contributed by atoms with Crippen LogP contribution >= 0.6 is 11.8 Å². The van der Waals surface area contributed by atoms with E-state index in [1.54, 1.807) is 0 Å². The van der Waals surface area contributed by atoms with Gasteiger partial charge < -0.3 is 5.32 Å². The fraction of sp³-hybridized carbons (Fsp3) is 1.00. The first-order chi connectivity index (χ1) is 6.88. The van der Waals surface area contributed by atoms with Gasteiger partial charge in [0.2, 0.25) is 0 Å². The first-order valence-electron chi connectivity index (χ1n) is 6.14. The first-order valence-corrected chi connectivity index (χ1v) is 7.43. The molecular weight excluding hydrogens is 190 g/mol. The predicted molar refractivity (Wildman–Crippen MR) is 64.9 cm³/mol. The van der Waals surface area contributed by atoms with Crippen LogP contribution in [-0.2, 0) is 0 Å². The summed E-state index contributed by atoms with van der Waals surface area (Å²) < 4.78 is 0. The number of rotatable bonds is 5. The Morgan fingerprint density at radius 2 is 2.07 bits per heavy atom. The molecule has 82 valence electrons. The van der Waals surface area contributed by atoms with Gasteiger partial charge in [0.1, 0.15) is 0 Å². The molecule has 0 bridgehead atoms. The molecule has 0 amide bonds. The number of hydrogen-bond acceptors (Lipinski definition) is 2. The molecule has 0 heterocycles. The van der Waals surface area contributed by atoms with Crippen LogP contribution in [0.4, 0.5) is 0 Å². The molecule has 2 atom stereocenters. The van der Waals surface area contributed by atoms with Gasteiger partial charge in [-0.3, -0.25) is 0 Å². The van der Waals surface area contributed by atoms with Gasteiger partial charge in [0.15, 0.2) is 0 Å². The van der Waals surface area contributed by atoms with Gasteiger partial charge in [-0.15, -0.1) is 0 Å². The fourth-order valence-electron chi connectivity index (χ4n) is 2.44. The molecule has 0 radical (unpaired) electrons. The largest absolute Gasteiger partial charge is 0.314 e. The summed E-state index contributed by atoms with van der Waals surface area (Å²) in [6.07, 6.45) is 12.4. The van der Waals surface area contributed by atoms with E-state index in [9.17, 15) is 0 Å². The van der Waals surface area contributed by atoms with Gasteiger partial charge in [-0.05, 0) is 44.4 Å². The van der Waals surface area contributed by atoms with Gasteiger partial charge in [0.05, 0.1) is 0 Å². The smallest absolute Gasteiger partial charge is 0.00776 e. The van der Waals surface area contributed by atoms with Crippen LogP contribution in [0.25, 0.3) is 0 Å². The third-order valence-corrected chi connectivity index (χ3v) is 4.74. The SMILES string of the molecule is CSC1CCCC(NCCC2CC2)C1. The summed E-state index contributed by atoms with van der Waals surface area (Å²) in [5.41, 5.74) is 0. The van der Waals surface area contributed by atoms with E-state index in [2.05, 4.69) is 23.3 Å². The molecule has 2 aliphatic rings. The Morgan fingerprint density at radius 3 is 2.79 bits per heavy atom. The first kappa shape index (κ1) is 10.8. The average molecular weight is 213 g/mol. The summed E-state index contributed by atoms with van der Waals surface area (Å²) in [5.74, 6) is 1.09. The summed E-state index contributed by atoms with van der Waals surface area (Å²) in [4.78, 5) is 0. The maximum absolute atomic E-state index is 3.74. The van der Waals surface area contributed by atoms with E-state index in [1.165, 1.54) is 51.5 Å². The van der Waals surface area contributed by atoms with Crippen LogP contribution in [-0.4, -0.2) is 24.1 Å².